The molecule has 42 heavy (non-hydrogen) atoms. The molecule has 0 N–H and O–H groups in total. The van der Waals surface area contributed by atoms with Crippen molar-refractivity contribution in [3.63, 3.8) is 0 Å². The van der Waals surface area contributed by atoms with Gasteiger partial charge in [0.2, 0.25) is 0 Å². The molecular weight excluding hydrogens is 514 g/mol. The van der Waals surface area contributed by atoms with Gasteiger partial charge in [-0.2, -0.15) is 0 Å². The Balaban J connectivity index is 1.24. The highest BCUT2D eigenvalue weighted by atomic mass is 16.5. The average Bonchev–Trinajstić information content (AvgIpc) is 3.03. The number of nitriles is 1. The third-order valence-electron chi connectivity index (χ3n) is 11.5. The van der Waals surface area contributed by atoms with Crippen molar-refractivity contribution in [2.75, 3.05) is 0 Å². The Hall–Kier alpha value is -2.30. The molecule has 4 saturated carbocycles. The molecule has 0 spiro atoms. The zero-order valence-electron chi connectivity index (χ0n) is 26.5. The molecule has 4 nitrogen and oxygen atoms in total. The largest absolute Gasteiger partial charge is 0.462 e. The summed E-state index contributed by atoms with van der Waals surface area (Å²) in [6.45, 7) is 11.6. The van der Waals surface area contributed by atoms with Gasteiger partial charge in [-0.3, -0.25) is 4.90 Å². The number of nitrogens with zero attached hydrogens (tertiary/aromatic N) is 3. The van der Waals surface area contributed by atoms with E-state index in [1.54, 1.807) is 6.08 Å². The van der Waals surface area contributed by atoms with E-state index in [0.29, 0.717) is 11.5 Å². The van der Waals surface area contributed by atoms with Crippen LogP contribution in [0.4, 0.5) is 0 Å². The summed E-state index contributed by atoms with van der Waals surface area (Å²) in [6.07, 6.45) is 35.0. The van der Waals surface area contributed by atoms with Gasteiger partial charge in [0, 0.05) is 18.1 Å². The lowest BCUT2D eigenvalue weighted by Crippen LogP contribution is -2.53. The van der Waals surface area contributed by atoms with E-state index in [4.69, 9.17) is 11.3 Å². The summed E-state index contributed by atoms with van der Waals surface area (Å²) in [6, 6.07) is 4.39. The number of ether oxygens (including phenoxy) is 1. The van der Waals surface area contributed by atoms with Gasteiger partial charge in [0.1, 0.15) is 11.5 Å². The molecule has 228 valence electrons. The Morgan fingerprint density at radius 2 is 1.60 bits per heavy atom. The van der Waals surface area contributed by atoms with Gasteiger partial charge in [0.25, 0.3) is 5.70 Å². The van der Waals surface area contributed by atoms with Crippen LogP contribution in [0.1, 0.15) is 136 Å². The molecule has 0 aromatic carbocycles. The normalized spacial score (nSPS) is 34.2. The molecule has 4 aliphatic carbocycles. The highest BCUT2D eigenvalue weighted by Gasteiger charge is 2.39. The van der Waals surface area contributed by atoms with Gasteiger partial charge >= 0.3 is 0 Å². The maximum absolute atomic E-state index is 9.32. The zero-order chi connectivity index (χ0) is 29.3. The third kappa shape index (κ3) is 7.99. The molecule has 0 amide bonds. The van der Waals surface area contributed by atoms with Crippen molar-refractivity contribution in [2.24, 2.45) is 23.7 Å². The van der Waals surface area contributed by atoms with Crippen LogP contribution in [0.5, 0.6) is 0 Å². The molecular formula is C38H55N3O. The topological polar surface area (TPSA) is 40.6 Å². The van der Waals surface area contributed by atoms with Gasteiger partial charge in [0.15, 0.2) is 0 Å². The van der Waals surface area contributed by atoms with Crippen LogP contribution in [0, 0.1) is 41.6 Å². The van der Waals surface area contributed by atoms with Crippen LogP contribution in [-0.2, 0) is 4.74 Å². The Morgan fingerprint density at radius 1 is 0.905 bits per heavy atom. The smallest absolute Gasteiger partial charge is 0.269 e. The molecule has 5 aliphatic rings. The highest BCUT2D eigenvalue weighted by Crippen LogP contribution is 2.44. The monoisotopic (exact) mass is 569 g/mol. The predicted octanol–water partition coefficient (Wildman–Crippen LogP) is 10.4. The molecule has 1 aliphatic heterocycles. The Kier molecular flexibility index (Phi) is 11.4. The highest BCUT2D eigenvalue weighted by molar-refractivity contribution is 5.49. The standard InChI is InChI=1S/C38H55N3O/c1-4-9-29-14-19-34(20-15-29)41(36-13-8-12-32(25-36)31-10-6-5-7-11-31)35-21-16-30(17-22-35)18-23-37-26-33(24-28(2)42-37)38(27-39)40-3/h18,23-24,26,29-32,34-36H,4-17,19-22,25H2,1-2H3/b23-18+,38-33-. The van der Waals surface area contributed by atoms with Crippen LogP contribution < -0.4 is 0 Å². The van der Waals surface area contributed by atoms with Gasteiger partial charge in [0.05, 0.1) is 12.6 Å². The van der Waals surface area contributed by atoms with E-state index in [2.05, 4.69) is 28.8 Å². The Morgan fingerprint density at radius 3 is 2.26 bits per heavy atom. The summed E-state index contributed by atoms with van der Waals surface area (Å²) in [7, 11) is 0. The molecule has 4 fully saturated rings. The lowest BCUT2D eigenvalue weighted by molar-refractivity contribution is -0.00545. The molecule has 0 aromatic rings. The average molecular weight is 570 g/mol. The quantitative estimate of drug-likeness (QED) is 0.216. The first-order valence-electron chi connectivity index (χ1n) is 17.6. The maximum Gasteiger partial charge on any atom is 0.269 e. The molecule has 0 bridgehead atoms. The first-order chi connectivity index (χ1) is 20.6. The van der Waals surface area contributed by atoms with Crippen molar-refractivity contribution in [3.05, 3.63) is 58.5 Å². The van der Waals surface area contributed by atoms with Crippen LogP contribution in [0.15, 0.2) is 47.1 Å². The van der Waals surface area contributed by atoms with Gasteiger partial charge in [-0.15, -0.1) is 0 Å². The van der Waals surface area contributed by atoms with Crippen molar-refractivity contribution in [1.29, 1.82) is 5.26 Å². The number of hydrogen-bond acceptors (Lipinski definition) is 3. The third-order valence-corrected chi connectivity index (χ3v) is 11.5. The second kappa shape index (κ2) is 15.4. The van der Waals surface area contributed by atoms with Crippen LogP contribution in [0.2, 0.25) is 0 Å². The van der Waals surface area contributed by atoms with Crippen molar-refractivity contribution in [1.82, 2.24) is 4.90 Å². The molecule has 2 atom stereocenters. The molecule has 4 heteroatoms. The summed E-state index contributed by atoms with van der Waals surface area (Å²) in [5.74, 6) is 5.00. The summed E-state index contributed by atoms with van der Waals surface area (Å²) in [5.41, 5.74) is 0.782. The second-order valence-electron chi connectivity index (χ2n) is 14.2. The first kappa shape index (κ1) is 31.1. The fourth-order valence-corrected chi connectivity index (χ4v) is 9.39. The number of allylic oxidation sites excluding steroid dienone is 7. The van der Waals surface area contributed by atoms with Crippen molar-refractivity contribution in [2.45, 2.75) is 154 Å². The van der Waals surface area contributed by atoms with Crippen molar-refractivity contribution >= 4 is 0 Å². The van der Waals surface area contributed by atoms with E-state index in [1.165, 1.54) is 122 Å². The molecule has 2 unspecified atom stereocenters. The van der Waals surface area contributed by atoms with E-state index >= 15 is 0 Å². The fourth-order valence-electron chi connectivity index (χ4n) is 9.39. The first-order valence-corrected chi connectivity index (χ1v) is 17.6. The summed E-state index contributed by atoms with van der Waals surface area (Å²) >= 11 is 0. The molecule has 0 radical (unpaired) electrons. The minimum absolute atomic E-state index is 0.126. The van der Waals surface area contributed by atoms with E-state index < -0.39 is 0 Å². The van der Waals surface area contributed by atoms with Gasteiger partial charge in [-0.25, -0.2) is 10.1 Å². The fraction of sp³-hybridized carbons (Fsp3) is 0.737. The minimum atomic E-state index is 0.126. The molecule has 0 aromatic heterocycles. The van der Waals surface area contributed by atoms with Crippen LogP contribution in [0.25, 0.3) is 4.85 Å². The van der Waals surface area contributed by atoms with Gasteiger partial charge < -0.3 is 4.74 Å². The summed E-state index contributed by atoms with van der Waals surface area (Å²) < 4.78 is 5.93. The number of rotatable bonds is 8. The summed E-state index contributed by atoms with van der Waals surface area (Å²) in [5, 5.41) is 9.32. The minimum Gasteiger partial charge on any atom is -0.462 e. The Bertz CT molecular complexity index is 1080. The van der Waals surface area contributed by atoms with Crippen LogP contribution >= 0.6 is 0 Å². The van der Waals surface area contributed by atoms with Gasteiger partial charge in [-0.05, 0) is 119 Å². The molecule has 1 heterocycles. The summed E-state index contributed by atoms with van der Waals surface area (Å²) in [4.78, 5) is 6.55. The van der Waals surface area contributed by atoms with Crippen molar-refractivity contribution < 1.29 is 4.74 Å². The SMILES string of the molecule is [C-]#[N+]/C(C#N)=C1/C=C(C)OC(/C=C/C2CCC(N(C3CCC(CCC)CC3)C3CCCC(C4CCCCC4)C3)CC2)=C1. The molecule has 5 rings (SSSR count). The van der Waals surface area contributed by atoms with E-state index in [1.807, 2.05) is 19.1 Å². The van der Waals surface area contributed by atoms with Crippen LogP contribution in [0.3, 0.4) is 0 Å². The van der Waals surface area contributed by atoms with Crippen molar-refractivity contribution in [3.8, 4) is 6.07 Å². The lowest BCUT2D eigenvalue weighted by Gasteiger charge is -2.50. The molecule has 0 saturated heterocycles. The zero-order valence-corrected chi connectivity index (χ0v) is 26.5. The van der Waals surface area contributed by atoms with Gasteiger partial charge in [-0.1, -0.05) is 70.8 Å². The maximum atomic E-state index is 9.32. The number of hydrogen-bond donors (Lipinski definition) is 0. The predicted molar refractivity (Wildman–Crippen MR) is 172 cm³/mol. The Labute approximate surface area is 256 Å². The lowest BCUT2D eigenvalue weighted by atomic mass is 9.70. The van der Waals surface area contributed by atoms with E-state index in [-0.39, 0.29) is 5.70 Å². The van der Waals surface area contributed by atoms with E-state index in [0.717, 1.165) is 47.4 Å². The van der Waals surface area contributed by atoms with Crippen LogP contribution in [-0.4, -0.2) is 23.0 Å². The second-order valence-corrected chi connectivity index (χ2v) is 14.2. The van der Waals surface area contributed by atoms with E-state index in [9.17, 15) is 5.26 Å².